The maximum atomic E-state index is 13.8. The maximum Gasteiger partial charge on any atom is 0.194 e. The number of imidazole rings is 1. The number of benzene rings is 2. The monoisotopic (exact) mass is 481 g/mol. The Morgan fingerprint density at radius 3 is 2.57 bits per heavy atom. The van der Waals surface area contributed by atoms with Gasteiger partial charge >= 0.3 is 0 Å². The van der Waals surface area contributed by atoms with Crippen LogP contribution in [0.5, 0.6) is 5.75 Å². The number of halogens is 3. The molecule has 2 aromatic carbocycles. The first-order valence-corrected chi connectivity index (χ1v) is 11.0. The second-order valence-electron chi connectivity index (χ2n) is 8.44. The Balaban J connectivity index is 1.44. The van der Waals surface area contributed by atoms with Crippen LogP contribution in [-0.2, 0) is 6.54 Å². The van der Waals surface area contributed by atoms with E-state index in [9.17, 15) is 18.3 Å². The van der Waals surface area contributed by atoms with Crippen molar-refractivity contribution in [3.8, 4) is 11.4 Å². The summed E-state index contributed by atoms with van der Waals surface area (Å²) in [6.45, 7) is 2.11. The number of rotatable bonds is 5. The lowest BCUT2D eigenvalue weighted by molar-refractivity contribution is 0.117. The van der Waals surface area contributed by atoms with Crippen molar-refractivity contribution in [2.24, 2.45) is 0 Å². The number of hydrogen-bond acceptors (Lipinski definition) is 5. The molecule has 0 bridgehead atoms. The van der Waals surface area contributed by atoms with Crippen LogP contribution in [0.1, 0.15) is 40.8 Å². The molecule has 2 atom stereocenters. The summed E-state index contributed by atoms with van der Waals surface area (Å²) in [5.74, 6) is -3.25. The molecule has 1 aliphatic heterocycles. The van der Waals surface area contributed by atoms with Crippen LogP contribution in [0.25, 0.3) is 17.8 Å². The van der Waals surface area contributed by atoms with Crippen LogP contribution in [-0.4, -0.2) is 42.6 Å². The highest BCUT2D eigenvalue weighted by Crippen LogP contribution is 2.34. The number of hydrogen-bond donors (Lipinski definition) is 1. The smallest absolute Gasteiger partial charge is 0.194 e. The van der Waals surface area contributed by atoms with Gasteiger partial charge in [0.25, 0.3) is 0 Å². The van der Waals surface area contributed by atoms with E-state index in [2.05, 4.69) is 15.1 Å². The van der Waals surface area contributed by atoms with Gasteiger partial charge < -0.3 is 14.4 Å². The number of aliphatic hydroxyl groups is 1. The minimum Gasteiger partial charge on any atom is -0.495 e. The Hall–Kier alpha value is -3.92. The molecule has 1 aliphatic rings. The topological polar surface area (TPSA) is 78.0 Å². The van der Waals surface area contributed by atoms with Crippen molar-refractivity contribution in [3.05, 3.63) is 88.8 Å². The molecule has 0 fully saturated rings. The average molecular weight is 481 g/mol. The lowest BCUT2D eigenvalue weighted by Crippen LogP contribution is -2.29. The van der Waals surface area contributed by atoms with E-state index >= 15 is 0 Å². The third-order valence-electron chi connectivity index (χ3n) is 5.95. The number of aromatic nitrogens is 5. The second kappa shape index (κ2) is 9.03. The fraction of sp³-hybridized carbons (Fsp3) is 0.240. The molecule has 0 radical (unpaired) electrons. The van der Waals surface area contributed by atoms with E-state index in [-0.39, 0.29) is 18.5 Å². The van der Waals surface area contributed by atoms with E-state index < -0.39 is 29.5 Å². The van der Waals surface area contributed by atoms with Crippen LogP contribution in [0, 0.1) is 24.4 Å². The van der Waals surface area contributed by atoms with Gasteiger partial charge in [0.1, 0.15) is 11.6 Å². The van der Waals surface area contributed by atoms with Crippen molar-refractivity contribution in [2.45, 2.75) is 31.9 Å². The fourth-order valence-corrected chi connectivity index (χ4v) is 4.28. The van der Waals surface area contributed by atoms with E-state index in [1.807, 2.05) is 42.0 Å². The van der Waals surface area contributed by atoms with E-state index in [1.54, 1.807) is 19.5 Å². The van der Waals surface area contributed by atoms with E-state index in [0.717, 1.165) is 29.1 Å². The molecule has 0 saturated heterocycles. The summed E-state index contributed by atoms with van der Waals surface area (Å²) in [6.07, 6.45) is 6.54. The van der Waals surface area contributed by atoms with Gasteiger partial charge in [0.2, 0.25) is 0 Å². The normalized spacial score (nSPS) is 17.7. The van der Waals surface area contributed by atoms with Gasteiger partial charge in [-0.3, -0.25) is 0 Å². The first kappa shape index (κ1) is 22.9. The molecule has 2 aromatic heterocycles. The average Bonchev–Trinajstić information content (AvgIpc) is 3.45. The second-order valence-corrected chi connectivity index (χ2v) is 8.44. The molecule has 1 N–H and O–H groups in total. The predicted octanol–water partition coefficient (Wildman–Crippen LogP) is 4.27. The summed E-state index contributed by atoms with van der Waals surface area (Å²) < 4.78 is 50.0. The van der Waals surface area contributed by atoms with Crippen molar-refractivity contribution < 1.29 is 23.0 Å². The molecule has 0 spiro atoms. The van der Waals surface area contributed by atoms with Crippen molar-refractivity contribution in [2.75, 3.05) is 7.11 Å². The minimum atomic E-state index is -1.53. The van der Waals surface area contributed by atoms with Gasteiger partial charge in [-0.15, -0.1) is 0 Å². The molecular formula is C25H22F3N5O2. The zero-order valence-corrected chi connectivity index (χ0v) is 19.0. The summed E-state index contributed by atoms with van der Waals surface area (Å²) in [6, 6.07) is 7.57. The van der Waals surface area contributed by atoms with Gasteiger partial charge in [-0.2, -0.15) is 5.10 Å². The first-order valence-electron chi connectivity index (χ1n) is 11.0. The zero-order valence-electron chi connectivity index (χ0n) is 19.0. The highest BCUT2D eigenvalue weighted by atomic mass is 19.2. The van der Waals surface area contributed by atoms with Gasteiger partial charge in [0, 0.05) is 12.1 Å². The number of nitrogens with zero attached hydrogens (tertiary/aromatic N) is 5. The highest BCUT2D eigenvalue weighted by molar-refractivity contribution is 5.69. The third kappa shape index (κ3) is 4.44. The van der Waals surface area contributed by atoms with Gasteiger partial charge in [-0.25, -0.2) is 27.8 Å². The van der Waals surface area contributed by atoms with Crippen LogP contribution in [0.15, 0.2) is 42.9 Å². The molecule has 0 saturated carbocycles. The SMILES string of the molecule is COc1cc(/C=C/c2nc3n(n2)C[C@@H](O)C[C@H]3c2cc(F)c(F)c(F)c2)ccc1-n1cnc(C)c1. The van der Waals surface area contributed by atoms with Gasteiger partial charge in [-0.1, -0.05) is 12.1 Å². The molecule has 35 heavy (non-hydrogen) atoms. The Labute approximate surface area is 199 Å². The summed E-state index contributed by atoms with van der Waals surface area (Å²) in [5, 5.41) is 14.7. The molecule has 0 aliphatic carbocycles. The number of ether oxygens (including phenoxy) is 1. The van der Waals surface area contributed by atoms with Gasteiger partial charge in [0.15, 0.2) is 23.3 Å². The van der Waals surface area contributed by atoms with Crippen molar-refractivity contribution in [1.82, 2.24) is 24.3 Å². The molecule has 3 heterocycles. The standard InChI is InChI=1S/C25H22F3N5O2/c1-14-11-32(13-29-14)21-5-3-15(7-22(21)35-2)4-6-23-30-25-18(10-17(34)12-33(25)31-23)16-8-19(26)24(28)20(27)9-16/h3-9,11,13,17-18,34H,10,12H2,1-2H3/b6-4+/t17-,18-/m0/s1. The minimum absolute atomic E-state index is 0.193. The molecule has 7 nitrogen and oxygen atoms in total. The number of methoxy groups -OCH3 is 1. The Bertz CT molecular complexity index is 1410. The predicted molar refractivity (Wildman–Crippen MR) is 123 cm³/mol. The maximum absolute atomic E-state index is 13.8. The summed E-state index contributed by atoms with van der Waals surface area (Å²) >= 11 is 0. The van der Waals surface area contributed by atoms with Gasteiger partial charge in [0.05, 0.1) is 37.5 Å². The molecule has 5 rings (SSSR count). The fourth-order valence-electron chi connectivity index (χ4n) is 4.28. The van der Waals surface area contributed by atoms with E-state index in [4.69, 9.17) is 4.74 Å². The molecule has 4 aromatic rings. The lowest BCUT2D eigenvalue weighted by Gasteiger charge is -2.26. The highest BCUT2D eigenvalue weighted by Gasteiger charge is 2.31. The lowest BCUT2D eigenvalue weighted by atomic mass is 9.89. The van der Waals surface area contributed by atoms with Gasteiger partial charge in [-0.05, 0) is 54.8 Å². The molecular weight excluding hydrogens is 459 g/mol. The van der Waals surface area contributed by atoms with Crippen LogP contribution < -0.4 is 4.74 Å². The number of fused-ring (bicyclic) bond motifs is 1. The summed E-state index contributed by atoms with van der Waals surface area (Å²) in [4.78, 5) is 8.76. The van der Waals surface area contributed by atoms with E-state index in [0.29, 0.717) is 17.4 Å². The summed E-state index contributed by atoms with van der Waals surface area (Å²) in [5.41, 5.74) is 2.77. The van der Waals surface area contributed by atoms with Crippen molar-refractivity contribution in [3.63, 3.8) is 0 Å². The van der Waals surface area contributed by atoms with E-state index in [1.165, 1.54) is 4.68 Å². The zero-order chi connectivity index (χ0) is 24.7. The summed E-state index contributed by atoms with van der Waals surface area (Å²) in [7, 11) is 1.59. The first-order chi connectivity index (χ1) is 16.8. The third-order valence-corrected chi connectivity index (χ3v) is 5.95. The molecule has 0 amide bonds. The Morgan fingerprint density at radius 2 is 1.89 bits per heavy atom. The van der Waals surface area contributed by atoms with Crippen LogP contribution in [0.2, 0.25) is 0 Å². The molecule has 10 heteroatoms. The van der Waals surface area contributed by atoms with Crippen LogP contribution >= 0.6 is 0 Å². The quantitative estimate of drug-likeness (QED) is 0.431. The van der Waals surface area contributed by atoms with Crippen LogP contribution in [0.3, 0.4) is 0 Å². The largest absolute Gasteiger partial charge is 0.495 e. The van der Waals surface area contributed by atoms with Crippen molar-refractivity contribution in [1.29, 1.82) is 0 Å². The van der Waals surface area contributed by atoms with Crippen molar-refractivity contribution >= 4 is 12.2 Å². The Kier molecular flexibility index (Phi) is 5.89. The molecule has 180 valence electrons. The number of aliphatic hydroxyl groups excluding tert-OH is 1. The molecule has 0 unspecified atom stereocenters. The Morgan fingerprint density at radius 1 is 1.11 bits per heavy atom. The van der Waals surface area contributed by atoms with Crippen LogP contribution in [0.4, 0.5) is 13.2 Å². The number of aryl methyl sites for hydroxylation is 1.